The molecule has 0 saturated carbocycles. The molecule has 0 bridgehead atoms. The topological polar surface area (TPSA) is 84.9 Å². The number of nitrogens with zero attached hydrogens (tertiary/aromatic N) is 1. The predicted octanol–water partition coefficient (Wildman–Crippen LogP) is 2.87. The molecule has 1 aromatic heterocycles. The minimum atomic E-state index is -3.67. The van der Waals surface area contributed by atoms with Crippen LogP contribution in [0.4, 0.5) is 0 Å². The lowest BCUT2D eigenvalue weighted by atomic mass is 10.2. The Bertz CT molecular complexity index is 914. The Hall–Kier alpha value is -1.62. The fourth-order valence-electron chi connectivity index (χ4n) is 2.97. The molecular weight excluding hydrogens is 468 g/mol. The number of thiophene rings is 1. The van der Waals surface area contributed by atoms with Gasteiger partial charge in [-0.25, -0.2) is 8.42 Å². The number of methoxy groups -OCH3 is 1. The van der Waals surface area contributed by atoms with Gasteiger partial charge in [0.15, 0.2) is 0 Å². The number of sulfonamides is 1. The van der Waals surface area contributed by atoms with Crippen LogP contribution >= 0.6 is 27.3 Å². The molecule has 1 N–H and O–H groups in total. The quantitative estimate of drug-likeness (QED) is 0.577. The van der Waals surface area contributed by atoms with E-state index in [9.17, 15) is 13.2 Å². The average molecular weight is 489 g/mol. The van der Waals surface area contributed by atoms with Gasteiger partial charge in [-0.05, 0) is 65.2 Å². The first-order valence-electron chi connectivity index (χ1n) is 8.73. The van der Waals surface area contributed by atoms with Gasteiger partial charge in [0.2, 0.25) is 5.91 Å². The fraction of sp³-hybridized carbons (Fsp3) is 0.389. The Morgan fingerprint density at radius 1 is 1.25 bits per heavy atom. The Balaban J connectivity index is 1.53. The number of hydrogen-bond donors (Lipinski definition) is 1. The second kappa shape index (κ2) is 9.25. The minimum absolute atomic E-state index is 0.238. The number of amides is 1. The number of halogens is 1. The summed E-state index contributed by atoms with van der Waals surface area (Å²) in [5.74, 6) is 1.11. The third-order valence-corrected chi connectivity index (χ3v) is 8.35. The van der Waals surface area contributed by atoms with Crippen LogP contribution in [0.3, 0.4) is 0 Å². The van der Waals surface area contributed by atoms with Crippen molar-refractivity contribution in [1.29, 1.82) is 0 Å². The van der Waals surface area contributed by atoms with E-state index in [-0.39, 0.29) is 16.7 Å². The van der Waals surface area contributed by atoms with Crippen molar-refractivity contribution in [3.05, 3.63) is 40.2 Å². The molecule has 0 radical (unpaired) electrons. The van der Waals surface area contributed by atoms with Crippen LogP contribution in [0.1, 0.15) is 12.8 Å². The zero-order valence-corrected chi connectivity index (χ0v) is 18.5. The zero-order valence-electron chi connectivity index (χ0n) is 15.3. The number of carbonyl (C=O) groups is 1. The molecule has 1 unspecified atom stereocenters. The van der Waals surface area contributed by atoms with Gasteiger partial charge in [0.25, 0.3) is 10.0 Å². The van der Waals surface area contributed by atoms with E-state index in [2.05, 4.69) is 21.2 Å². The van der Waals surface area contributed by atoms with Crippen LogP contribution in [0.15, 0.2) is 44.4 Å². The van der Waals surface area contributed by atoms with Crippen molar-refractivity contribution >= 4 is 43.2 Å². The van der Waals surface area contributed by atoms with Crippen molar-refractivity contribution in [3.8, 4) is 11.5 Å². The van der Waals surface area contributed by atoms with E-state index < -0.39 is 16.1 Å². The van der Waals surface area contributed by atoms with E-state index in [0.717, 1.165) is 20.9 Å². The number of nitrogens with one attached hydrogen (secondary N) is 1. The maximum Gasteiger partial charge on any atom is 0.253 e. The molecule has 2 heterocycles. The second-order valence-electron chi connectivity index (χ2n) is 6.15. The summed E-state index contributed by atoms with van der Waals surface area (Å²) in [5.41, 5.74) is 0. The van der Waals surface area contributed by atoms with Gasteiger partial charge in [-0.2, -0.15) is 4.31 Å². The summed E-state index contributed by atoms with van der Waals surface area (Å²) in [6.07, 6.45) is 1.17. The Labute approximate surface area is 176 Å². The highest BCUT2D eigenvalue weighted by atomic mass is 79.9. The van der Waals surface area contributed by atoms with Gasteiger partial charge in [0, 0.05) is 6.54 Å². The van der Waals surface area contributed by atoms with Gasteiger partial charge < -0.3 is 14.8 Å². The molecule has 1 aromatic carbocycles. The molecule has 1 fully saturated rings. The van der Waals surface area contributed by atoms with E-state index in [0.29, 0.717) is 31.7 Å². The molecule has 0 spiro atoms. The second-order valence-corrected chi connectivity index (χ2v) is 10.7. The molecule has 1 saturated heterocycles. The normalized spacial score (nSPS) is 17.4. The Kier molecular flexibility index (Phi) is 6.97. The van der Waals surface area contributed by atoms with E-state index in [1.165, 1.54) is 4.31 Å². The molecule has 3 rings (SSSR count). The van der Waals surface area contributed by atoms with E-state index in [1.807, 2.05) is 0 Å². The van der Waals surface area contributed by atoms with Crippen LogP contribution < -0.4 is 14.8 Å². The van der Waals surface area contributed by atoms with Crippen LogP contribution in [0.2, 0.25) is 0 Å². The maximum atomic E-state index is 12.8. The molecule has 152 valence electrons. The molecule has 28 heavy (non-hydrogen) atoms. The SMILES string of the molecule is COc1ccc(OCCNC(=O)C2CCCN2S(=O)(=O)c2ccc(Br)s2)cc1. The van der Waals surface area contributed by atoms with Crippen molar-refractivity contribution in [3.63, 3.8) is 0 Å². The number of hydrogen-bond acceptors (Lipinski definition) is 6. The third-order valence-electron chi connectivity index (χ3n) is 4.35. The molecule has 1 aliphatic heterocycles. The standard InChI is InChI=1S/C18H21BrN2O5S2/c1-25-13-4-6-14(7-5-13)26-12-10-20-18(22)15-3-2-11-21(15)28(23,24)17-9-8-16(19)27-17/h4-9,15H,2-3,10-12H2,1H3,(H,20,22). The summed E-state index contributed by atoms with van der Waals surface area (Å²) in [6.45, 7) is 0.924. The maximum absolute atomic E-state index is 12.8. The highest BCUT2D eigenvalue weighted by Gasteiger charge is 2.39. The monoisotopic (exact) mass is 488 g/mol. The number of benzene rings is 1. The Morgan fingerprint density at radius 3 is 2.61 bits per heavy atom. The molecule has 1 amide bonds. The van der Waals surface area contributed by atoms with Gasteiger partial charge in [0.05, 0.1) is 17.4 Å². The van der Waals surface area contributed by atoms with E-state index in [4.69, 9.17) is 9.47 Å². The molecule has 2 aromatic rings. The van der Waals surface area contributed by atoms with Gasteiger partial charge in [0.1, 0.15) is 28.4 Å². The zero-order chi connectivity index (χ0) is 20.1. The van der Waals surface area contributed by atoms with Crippen molar-refractivity contribution < 1.29 is 22.7 Å². The van der Waals surface area contributed by atoms with Gasteiger partial charge in [-0.3, -0.25) is 4.79 Å². The van der Waals surface area contributed by atoms with Crippen LogP contribution in [0.5, 0.6) is 11.5 Å². The summed E-state index contributed by atoms with van der Waals surface area (Å²) in [7, 11) is -2.08. The van der Waals surface area contributed by atoms with Crippen LogP contribution in [-0.4, -0.2) is 51.5 Å². The summed E-state index contributed by atoms with van der Waals surface area (Å²) in [4.78, 5) is 12.5. The lowest BCUT2D eigenvalue weighted by Crippen LogP contribution is -2.46. The van der Waals surface area contributed by atoms with E-state index in [1.54, 1.807) is 43.5 Å². The fourth-order valence-corrected chi connectivity index (χ4v) is 6.77. The van der Waals surface area contributed by atoms with Gasteiger partial charge in [-0.15, -0.1) is 11.3 Å². The first-order valence-corrected chi connectivity index (χ1v) is 11.8. The molecule has 10 heteroatoms. The first-order chi connectivity index (χ1) is 13.4. The van der Waals surface area contributed by atoms with Crippen molar-refractivity contribution in [2.75, 3.05) is 26.8 Å². The third kappa shape index (κ3) is 4.86. The smallest absolute Gasteiger partial charge is 0.253 e. The van der Waals surface area contributed by atoms with Crippen LogP contribution in [0, 0.1) is 0 Å². The molecule has 0 aliphatic carbocycles. The minimum Gasteiger partial charge on any atom is -0.497 e. The van der Waals surface area contributed by atoms with Crippen LogP contribution in [-0.2, 0) is 14.8 Å². The summed E-state index contributed by atoms with van der Waals surface area (Å²) in [6, 6.07) is 9.71. The van der Waals surface area contributed by atoms with Gasteiger partial charge in [-0.1, -0.05) is 0 Å². The molecular formula is C18H21BrN2O5S2. The first kappa shape index (κ1) is 21.1. The summed E-state index contributed by atoms with van der Waals surface area (Å²) >= 11 is 4.43. The van der Waals surface area contributed by atoms with Crippen molar-refractivity contribution in [2.24, 2.45) is 0 Å². The highest BCUT2D eigenvalue weighted by molar-refractivity contribution is 9.11. The summed E-state index contributed by atoms with van der Waals surface area (Å²) in [5, 5.41) is 2.78. The lowest BCUT2D eigenvalue weighted by molar-refractivity contribution is -0.124. The van der Waals surface area contributed by atoms with Crippen molar-refractivity contribution in [1.82, 2.24) is 9.62 Å². The van der Waals surface area contributed by atoms with Gasteiger partial charge >= 0.3 is 0 Å². The molecule has 1 atom stereocenters. The number of ether oxygens (including phenoxy) is 2. The highest BCUT2D eigenvalue weighted by Crippen LogP contribution is 2.32. The molecule has 1 aliphatic rings. The lowest BCUT2D eigenvalue weighted by Gasteiger charge is -2.22. The average Bonchev–Trinajstić information content (AvgIpc) is 3.35. The van der Waals surface area contributed by atoms with Crippen LogP contribution in [0.25, 0.3) is 0 Å². The summed E-state index contributed by atoms with van der Waals surface area (Å²) < 4.78 is 38.6. The Morgan fingerprint density at radius 2 is 1.96 bits per heavy atom. The van der Waals surface area contributed by atoms with Crippen molar-refractivity contribution in [2.45, 2.75) is 23.1 Å². The molecule has 7 nitrogen and oxygen atoms in total. The largest absolute Gasteiger partial charge is 0.497 e. The predicted molar refractivity (Wildman–Crippen MR) is 110 cm³/mol. The number of rotatable bonds is 8. The number of carbonyl (C=O) groups excluding carboxylic acids is 1. The van der Waals surface area contributed by atoms with E-state index >= 15 is 0 Å².